The first-order chi connectivity index (χ1) is 17.0. The third-order valence-corrected chi connectivity index (χ3v) is 6.13. The first-order valence-corrected chi connectivity index (χ1v) is 12.0. The van der Waals surface area contributed by atoms with E-state index in [1.807, 2.05) is 24.3 Å². The Hall–Kier alpha value is -3.61. The van der Waals surface area contributed by atoms with Crippen molar-refractivity contribution in [3.05, 3.63) is 105 Å². The Morgan fingerprint density at radius 1 is 0.917 bits per heavy atom. The smallest absolute Gasteiger partial charge is 0.280 e. The molecule has 2 amide bonds. The minimum atomic E-state index is -0.535. The first kappa shape index (κ1) is 27.0. The van der Waals surface area contributed by atoms with Crippen molar-refractivity contribution in [3.63, 3.8) is 0 Å². The first-order valence-electron chi connectivity index (χ1n) is 11.2. The lowest BCUT2D eigenvalue weighted by Gasteiger charge is -2.24. The molecule has 0 aromatic heterocycles. The summed E-state index contributed by atoms with van der Waals surface area (Å²) in [5, 5.41) is 0.905. The molecular formula is C28H28Cl2N4O2. The molecule has 0 fully saturated rings. The number of amides is 2. The number of nitrogens with zero attached hydrogens (tertiary/aromatic N) is 2. The zero-order valence-electron chi connectivity index (χ0n) is 20.3. The minimum Gasteiger partial charge on any atom is -0.370 e. The number of carbonyl (C=O) groups excluding carboxylic acids is 2. The second-order valence-corrected chi connectivity index (χ2v) is 10.0. The maximum atomic E-state index is 13.4. The Morgan fingerprint density at radius 2 is 1.50 bits per heavy atom. The predicted molar refractivity (Wildman–Crippen MR) is 148 cm³/mol. The lowest BCUT2D eigenvalue weighted by molar-refractivity contribution is -0.114. The molecule has 0 spiro atoms. The van der Waals surface area contributed by atoms with Crippen molar-refractivity contribution in [1.82, 2.24) is 0 Å². The molecule has 0 aliphatic carbocycles. The monoisotopic (exact) mass is 522 g/mol. The molecule has 0 unspecified atom stereocenters. The van der Waals surface area contributed by atoms with Crippen molar-refractivity contribution < 1.29 is 9.59 Å². The van der Waals surface area contributed by atoms with Gasteiger partial charge in [0.15, 0.2) is 5.96 Å². The van der Waals surface area contributed by atoms with Gasteiger partial charge in [-0.25, -0.2) is 0 Å². The van der Waals surface area contributed by atoms with Crippen LogP contribution in [0.15, 0.2) is 77.8 Å². The van der Waals surface area contributed by atoms with Gasteiger partial charge in [0, 0.05) is 32.9 Å². The third kappa shape index (κ3) is 6.97. The minimum absolute atomic E-state index is 0.0220. The number of aliphatic imine (C=N–C) groups is 1. The largest absolute Gasteiger partial charge is 0.370 e. The van der Waals surface area contributed by atoms with E-state index >= 15 is 0 Å². The lowest BCUT2D eigenvalue weighted by atomic mass is 9.87. The molecule has 0 heterocycles. The van der Waals surface area contributed by atoms with Crippen LogP contribution in [0.25, 0.3) is 6.08 Å². The summed E-state index contributed by atoms with van der Waals surface area (Å²) in [4.78, 5) is 30.6. The normalized spacial score (nSPS) is 11.4. The summed E-state index contributed by atoms with van der Waals surface area (Å²) < 4.78 is 0. The number of anilines is 1. The second kappa shape index (κ2) is 11.4. The van der Waals surface area contributed by atoms with Crippen LogP contribution >= 0.6 is 23.2 Å². The van der Waals surface area contributed by atoms with Crippen molar-refractivity contribution in [2.45, 2.75) is 32.7 Å². The molecule has 3 rings (SSSR count). The Labute approximate surface area is 221 Å². The quantitative estimate of drug-likeness (QED) is 0.237. The van der Waals surface area contributed by atoms with Gasteiger partial charge in [0.05, 0.1) is 6.54 Å². The van der Waals surface area contributed by atoms with Crippen LogP contribution in [0.2, 0.25) is 10.0 Å². The number of guanidine groups is 1. The Balaban J connectivity index is 1.93. The van der Waals surface area contributed by atoms with Gasteiger partial charge in [-0.1, -0.05) is 74.3 Å². The molecule has 186 valence electrons. The number of rotatable bonds is 6. The average Bonchev–Trinajstić information content (AvgIpc) is 2.81. The fourth-order valence-corrected chi connectivity index (χ4v) is 3.99. The van der Waals surface area contributed by atoms with Gasteiger partial charge in [-0.15, -0.1) is 0 Å². The van der Waals surface area contributed by atoms with Crippen molar-refractivity contribution >= 4 is 52.7 Å². The number of hydrogen-bond acceptors (Lipinski definition) is 2. The average molecular weight is 523 g/mol. The van der Waals surface area contributed by atoms with E-state index in [1.54, 1.807) is 53.4 Å². The van der Waals surface area contributed by atoms with E-state index < -0.39 is 5.91 Å². The van der Waals surface area contributed by atoms with E-state index in [1.165, 1.54) is 6.08 Å². The van der Waals surface area contributed by atoms with Crippen LogP contribution in [0.1, 0.15) is 47.8 Å². The number of hydrogen-bond donors (Lipinski definition) is 2. The molecule has 0 saturated carbocycles. The number of carbonyl (C=O) groups is 2. The van der Waals surface area contributed by atoms with Gasteiger partial charge >= 0.3 is 0 Å². The fraction of sp³-hybridized carbons (Fsp3) is 0.179. The third-order valence-electron chi connectivity index (χ3n) is 5.48. The molecule has 6 nitrogen and oxygen atoms in total. The van der Waals surface area contributed by atoms with E-state index in [0.717, 1.165) is 16.8 Å². The standard InChI is InChI=1S/C28H28Cl2N4O2/c1-28(2,3)20-11-13-21(14-12-20)34(25(35)16-15-22-23(29)5-4-6-24(22)30)17-18-7-9-19(10-8-18)26(36)33-27(31)32/h4-16H,17H2,1-3H3,(H4,31,32,33,36)/b16-15+. The molecule has 36 heavy (non-hydrogen) atoms. The zero-order valence-corrected chi connectivity index (χ0v) is 21.8. The lowest BCUT2D eigenvalue weighted by Crippen LogP contribution is -2.29. The number of benzene rings is 3. The van der Waals surface area contributed by atoms with E-state index in [0.29, 0.717) is 21.2 Å². The predicted octanol–water partition coefficient (Wildman–Crippen LogP) is 5.95. The summed E-state index contributed by atoms with van der Waals surface area (Å²) in [5.41, 5.74) is 14.2. The Bertz CT molecular complexity index is 1280. The van der Waals surface area contributed by atoms with Crippen LogP contribution in [-0.2, 0) is 16.8 Å². The summed E-state index contributed by atoms with van der Waals surface area (Å²) in [6.45, 7) is 6.66. The zero-order chi connectivity index (χ0) is 26.5. The SMILES string of the molecule is CC(C)(C)c1ccc(N(Cc2ccc(C(=O)N=C(N)N)cc2)C(=O)/C=C/c2c(Cl)cccc2Cl)cc1. The topological polar surface area (TPSA) is 102 Å². The summed E-state index contributed by atoms with van der Waals surface area (Å²) >= 11 is 12.5. The van der Waals surface area contributed by atoms with Crippen molar-refractivity contribution in [2.75, 3.05) is 4.90 Å². The van der Waals surface area contributed by atoms with Crippen LogP contribution in [-0.4, -0.2) is 17.8 Å². The molecular weight excluding hydrogens is 495 g/mol. The molecule has 0 saturated heterocycles. The highest BCUT2D eigenvalue weighted by Crippen LogP contribution is 2.28. The highest BCUT2D eigenvalue weighted by Gasteiger charge is 2.18. The van der Waals surface area contributed by atoms with Crippen LogP contribution in [0.5, 0.6) is 0 Å². The molecule has 3 aromatic rings. The van der Waals surface area contributed by atoms with Crippen LogP contribution in [0.3, 0.4) is 0 Å². The summed E-state index contributed by atoms with van der Waals surface area (Å²) in [6, 6.07) is 19.8. The number of halogens is 2. The molecule has 0 radical (unpaired) electrons. The van der Waals surface area contributed by atoms with E-state index in [4.69, 9.17) is 34.7 Å². The molecule has 0 aliphatic heterocycles. The summed E-state index contributed by atoms with van der Waals surface area (Å²) in [6.07, 6.45) is 3.06. The van der Waals surface area contributed by atoms with Crippen LogP contribution in [0, 0.1) is 0 Å². The maximum Gasteiger partial charge on any atom is 0.280 e. The molecule has 8 heteroatoms. The van der Waals surface area contributed by atoms with Gasteiger partial charge in [-0.2, -0.15) is 4.99 Å². The van der Waals surface area contributed by atoms with Gasteiger partial charge in [0.2, 0.25) is 0 Å². The Kier molecular flexibility index (Phi) is 8.56. The fourth-order valence-electron chi connectivity index (χ4n) is 3.47. The van der Waals surface area contributed by atoms with Gasteiger partial charge in [0.25, 0.3) is 11.8 Å². The molecule has 0 aliphatic rings. The molecule has 0 atom stereocenters. The Morgan fingerprint density at radius 3 is 2.03 bits per heavy atom. The van der Waals surface area contributed by atoms with Gasteiger partial charge in [0.1, 0.15) is 0 Å². The van der Waals surface area contributed by atoms with E-state index in [9.17, 15) is 9.59 Å². The van der Waals surface area contributed by atoms with Gasteiger partial charge in [-0.05, 0) is 59.0 Å². The maximum absolute atomic E-state index is 13.4. The van der Waals surface area contributed by atoms with E-state index in [2.05, 4.69) is 25.8 Å². The van der Waals surface area contributed by atoms with E-state index in [-0.39, 0.29) is 23.8 Å². The van der Waals surface area contributed by atoms with Crippen molar-refractivity contribution in [2.24, 2.45) is 16.5 Å². The summed E-state index contributed by atoms with van der Waals surface area (Å²) in [7, 11) is 0. The van der Waals surface area contributed by atoms with Crippen LogP contribution < -0.4 is 16.4 Å². The highest BCUT2D eigenvalue weighted by molar-refractivity contribution is 6.37. The van der Waals surface area contributed by atoms with Gasteiger partial charge in [-0.3, -0.25) is 9.59 Å². The molecule has 4 N–H and O–H groups in total. The van der Waals surface area contributed by atoms with Crippen LogP contribution in [0.4, 0.5) is 5.69 Å². The second-order valence-electron chi connectivity index (χ2n) is 9.23. The van der Waals surface area contributed by atoms with Crippen molar-refractivity contribution in [1.29, 1.82) is 0 Å². The molecule has 0 bridgehead atoms. The number of nitrogens with two attached hydrogens (primary N) is 2. The molecule has 3 aromatic carbocycles. The van der Waals surface area contributed by atoms with Crippen molar-refractivity contribution in [3.8, 4) is 0 Å². The summed E-state index contributed by atoms with van der Waals surface area (Å²) in [5.74, 6) is -1.09. The van der Waals surface area contributed by atoms with Gasteiger partial charge < -0.3 is 16.4 Å². The highest BCUT2D eigenvalue weighted by atomic mass is 35.5.